The third-order valence-electron chi connectivity index (χ3n) is 5.79. The Kier molecular flexibility index (Phi) is 9.30. The number of rotatable bonds is 8. The Morgan fingerprint density at radius 1 is 1.02 bits per heavy atom. The fourth-order valence-electron chi connectivity index (χ4n) is 3.82. The van der Waals surface area contributed by atoms with Gasteiger partial charge in [-0.1, -0.05) is 22.9 Å². The standard InChI is InChI=1S/C28H27ClF2N6O5S/c1-28(2,3)42-27(40)36-26-34-12-15(43-26)11-33-24(38)16-7-6-14(10-18(16)29)35-25(39)23-32-13-19(37(23)4)17-8-9-20(41-5)22(31)21(17)30/h6-10,12-13H,11H2,1-5H3,(H,33,38)(H,35,39)(H,34,36,40). The van der Waals surface area contributed by atoms with Gasteiger partial charge in [-0.15, -0.1) is 0 Å². The van der Waals surface area contributed by atoms with Crippen molar-refractivity contribution in [3.63, 3.8) is 0 Å². The highest BCUT2D eigenvalue weighted by atomic mass is 35.5. The van der Waals surface area contributed by atoms with Crippen molar-refractivity contribution < 1.29 is 32.6 Å². The number of halogens is 3. The van der Waals surface area contributed by atoms with Crippen LogP contribution in [0.3, 0.4) is 0 Å². The van der Waals surface area contributed by atoms with E-state index in [1.54, 1.807) is 20.8 Å². The van der Waals surface area contributed by atoms with Crippen molar-refractivity contribution >= 4 is 51.7 Å². The first kappa shape index (κ1) is 31.4. The number of nitrogens with zero attached hydrogens (tertiary/aromatic N) is 3. The third kappa shape index (κ3) is 7.45. The number of amides is 3. The number of carbonyl (C=O) groups is 3. The van der Waals surface area contributed by atoms with Gasteiger partial charge in [0, 0.05) is 29.4 Å². The zero-order valence-electron chi connectivity index (χ0n) is 23.7. The molecule has 2 aromatic carbocycles. The molecule has 4 aromatic rings. The topological polar surface area (TPSA) is 136 Å². The van der Waals surface area contributed by atoms with Crippen molar-refractivity contribution in [1.82, 2.24) is 19.9 Å². The summed E-state index contributed by atoms with van der Waals surface area (Å²) in [7, 11) is 2.71. The van der Waals surface area contributed by atoms with Crippen molar-refractivity contribution in [2.75, 3.05) is 17.7 Å². The number of carbonyl (C=O) groups excluding carboxylic acids is 3. The number of thiazole rings is 1. The number of methoxy groups -OCH3 is 1. The van der Waals surface area contributed by atoms with Gasteiger partial charge in [-0.05, 0) is 51.1 Å². The molecule has 0 fully saturated rings. The number of hydrogen-bond acceptors (Lipinski definition) is 8. The summed E-state index contributed by atoms with van der Waals surface area (Å²) >= 11 is 7.50. The number of hydrogen-bond donors (Lipinski definition) is 3. The van der Waals surface area contributed by atoms with Crippen molar-refractivity contribution in [2.24, 2.45) is 7.05 Å². The number of ether oxygens (including phenoxy) is 2. The Morgan fingerprint density at radius 3 is 2.44 bits per heavy atom. The Bertz CT molecular complexity index is 1700. The smallest absolute Gasteiger partial charge is 0.413 e. The van der Waals surface area contributed by atoms with Gasteiger partial charge in [-0.25, -0.2) is 19.2 Å². The first-order valence-electron chi connectivity index (χ1n) is 12.6. The van der Waals surface area contributed by atoms with Crippen LogP contribution < -0.4 is 20.7 Å². The maximum atomic E-state index is 14.6. The molecule has 0 aliphatic rings. The highest BCUT2D eigenvalue weighted by molar-refractivity contribution is 7.15. The van der Waals surface area contributed by atoms with Crippen LogP contribution in [0.25, 0.3) is 11.3 Å². The molecule has 2 aromatic heterocycles. The van der Waals surface area contributed by atoms with Gasteiger partial charge in [-0.3, -0.25) is 14.9 Å². The van der Waals surface area contributed by atoms with Gasteiger partial charge in [0.05, 0.1) is 36.1 Å². The lowest BCUT2D eigenvalue weighted by molar-refractivity contribution is 0.0635. The summed E-state index contributed by atoms with van der Waals surface area (Å²) in [6.45, 7) is 5.36. The molecule has 0 saturated carbocycles. The molecule has 11 nitrogen and oxygen atoms in total. The number of benzene rings is 2. The fraction of sp³-hybridized carbons (Fsp3) is 0.250. The maximum Gasteiger partial charge on any atom is 0.413 e. The van der Waals surface area contributed by atoms with Gasteiger partial charge < -0.3 is 24.7 Å². The van der Waals surface area contributed by atoms with E-state index in [4.69, 9.17) is 21.1 Å². The van der Waals surface area contributed by atoms with Gasteiger partial charge in [0.2, 0.25) is 5.82 Å². The average Bonchev–Trinajstić information content (AvgIpc) is 3.53. The molecule has 3 amide bonds. The molecule has 0 unspecified atom stereocenters. The Morgan fingerprint density at radius 2 is 1.77 bits per heavy atom. The highest BCUT2D eigenvalue weighted by Gasteiger charge is 2.22. The summed E-state index contributed by atoms with van der Waals surface area (Å²) in [5.74, 6) is -3.73. The summed E-state index contributed by atoms with van der Waals surface area (Å²) in [4.78, 5) is 46.4. The SMILES string of the molecule is COc1ccc(-c2cnc(C(=O)Nc3ccc(C(=O)NCc4cnc(NC(=O)OC(C)(C)C)s4)c(Cl)c3)n2C)c(F)c1F. The largest absolute Gasteiger partial charge is 0.494 e. The molecule has 2 heterocycles. The molecule has 4 rings (SSSR count). The lowest BCUT2D eigenvalue weighted by Gasteiger charge is -2.18. The number of imidazole rings is 1. The minimum absolute atomic E-state index is 0.0724. The summed E-state index contributed by atoms with van der Waals surface area (Å²) < 4.78 is 40.1. The van der Waals surface area contributed by atoms with E-state index in [-0.39, 0.29) is 45.6 Å². The summed E-state index contributed by atoms with van der Waals surface area (Å²) in [6, 6.07) is 6.92. The van der Waals surface area contributed by atoms with E-state index in [0.717, 1.165) is 0 Å². The first-order chi connectivity index (χ1) is 20.3. The second-order valence-electron chi connectivity index (χ2n) is 10.1. The van der Waals surface area contributed by atoms with E-state index in [1.165, 1.54) is 72.8 Å². The van der Waals surface area contributed by atoms with Crippen LogP contribution in [0.5, 0.6) is 5.75 Å². The van der Waals surface area contributed by atoms with E-state index in [1.807, 2.05) is 0 Å². The second kappa shape index (κ2) is 12.8. The first-order valence-corrected chi connectivity index (χ1v) is 13.8. The minimum Gasteiger partial charge on any atom is -0.494 e. The van der Waals surface area contributed by atoms with Gasteiger partial charge in [-0.2, -0.15) is 4.39 Å². The zero-order chi connectivity index (χ0) is 31.5. The van der Waals surface area contributed by atoms with Gasteiger partial charge in [0.1, 0.15) is 5.60 Å². The zero-order valence-corrected chi connectivity index (χ0v) is 25.2. The lowest BCUT2D eigenvalue weighted by Crippen LogP contribution is -2.27. The van der Waals surface area contributed by atoms with Crippen LogP contribution in [0.1, 0.15) is 46.6 Å². The van der Waals surface area contributed by atoms with Crippen LogP contribution in [0.4, 0.5) is 24.4 Å². The molecule has 0 spiro atoms. The van der Waals surface area contributed by atoms with E-state index in [0.29, 0.717) is 10.0 Å². The molecule has 3 N–H and O–H groups in total. The maximum absolute atomic E-state index is 14.6. The molecule has 0 aliphatic heterocycles. The Balaban J connectivity index is 1.38. The van der Waals surface area contributed by atoms with E-state index < -0.39 is 35.1 Å². The average molecular weight is 633 g/mol. The molecule has 0 bridgehead atoms. The molecular formula is C28H27ClF2N6O5S. The lowest BCUT2D eigenvalue weighted by atomic mass is 10.1. The molecule has 0 radical (unpaired) electrons. The molecule has 0 atom stereocenters. The molecule has 15 heteroatoms. The van der Waals surface area contributed by atoms with Crippen LogP contribution in [0, 0.1) is 11.6 Å². The monoisotopic (exact) mass is 632 g/mol. The Labute approximate surface area is 254 Å². The second-order valence-corrected chi connectivity index (χ2v) is 11.6. The molecule has 0 saturated heterocycles. The summed E-state index contributed by atoms with van der Waals surface area (Å²) in [6.07, 6.45) is 2.13. The van der Waals surface area contributed by atoms with E-state index in [9.17, 15) is 23.2 Å². The number of anilines is 2. The van der Waals surface area contributed by atoms with Gasteiger partial charge in [0.15, 0.2) is 22.5 Å². The molecular weight excluding hydrogens is 606 g/mol. The molecule has 226 valence electrons. The van der Waals surface area contributed by atoms with Crippen molar-refractivity contribution in [2.45, 2.75) is 32.9 Å². The predicted octanol–water partition coefficient (Wildman–Crippen LogP) is 6.01. The fourth-order valence-corrected chi connectivity index (χ4v) is 4.83. The predicted molar refractivity (Wildman–Crippen MR) is 158 cm³/mol. The third-order valence-corrected chi connectivity index (χ3v) is 7.02. The van der Waals surface area contributed by atoms with E-state index >= 15 is 0 Å². The summed E-state index contributed by atoms with van der Waals surface area (Å²) in [5, 5.41) is 8.28. The quantitative estimate of drug-likeness (QED) is 0.216. The molecule has 0 aliphatic carbocycles. The van der Waals surface area contributed by atoms with Crippen molar-refractivity contribution in [3.8, 4) is 17.0 Å². The van der Waals surface area contributed by atoms with Crippen LogP contribution in [0.2, 0.25) is 5.02 Å². The van der Waals surface area contributed by atoms with Crippen LogP contribution >= 0.6 is 22.9 Å². The van der Waals surface area contributed by atoms with Crippen LogP contribution in [-0.4, -0.2) is 45.2 Å². The highest BCUT2D eigenvalue weighted by Crippen LogP contribution is 2.30. The van der Waals surface area contributed by atoms with Gasteiger partial charge >= 0.3 is 6.09 Å². The normalized spacial score (nSPS) is 11.2. The number of aromatic nitrogens is 3. The Hall–Kier alpha value is -4.56. The minimum atomic E-state index is -1.15. The van der Waals surface area contributed by atoms with Crippen molar-refractivity contribution in [1.29, 1.82) is 0 Å². The van der Waals surface area contributed by atoms with Crippen LogP contribution in [-0.2, 0) is 18.3 Å². The number of nitrogens with one attached hydrogen (secondary N) is 3. The molecule has 43 heavy (non-hydrogen) atoms. The summed E-state index contributed by atoms with van der Waals surface area (Å²) in [5.41, 5.74) is -0.147. The van der Waals surface area contributed by atoms with Gasteiger partial charge in [0.25, 0.3) is 11.8 Å². The van der Waals surface area contributed by atoms with Crippen molar-refractivity contribution in [3.05, 3.63) is 75.6 Å². The van der Waals surface area contributed by atoms with E-state index in [2.05, 4.69) is 25.9 Å². The van der Waals surface area contributed by atoms with Crippen LogP contribution in [0.15, 0.2) is 42.7 Å².